The summed E-state index contributed by atoms with van der Waals surface area (Å²) in [4.78, 5) is 10.6. The second-order valence-electron chi connectivity index (χ2n) is 4.64. The molecule has 2 N–H and O–H groups in total. The molecule has 84 valence electrons. The lowest BCUT2D eigenvalue weighted by atomic mass is 9.79. The highest BCUT2D eigenvalue weighted by Gasteiger charge is 2.34. The summed E-state index contributed by atoms with van der Waals surface area (Å²) >= 11 is 0. The molecule has 3 nitrogen and oxygen atoms in total. The van der Waals surface area contributed by atoms with Crippen molar-refractivity contribution in [3.63, 3.8) is 0 Å². The molecule has 1 aliphatic carbocycles. The third-order valence-corrected chi connectivity index (χ3v) is 3.85. The lowest BCUT2D eigenvalue weighted by Crippen LogP contribution is -2.30. The van der Waals surface area contributed by atoms with Gasteiger partial charge in [0, 0.05) is 17.6 Å². The molecule has 0 spiro atoms. The molecule has 1 amide bonds. The van der Waals surface area contributed by atoms with E-state index in [4.69, 9.17) is 0 Å². The van der Waals surface area contributed by atoms with Gasteiger partial charge >= 0.3 is 0 Å². The van der Waals surface area contributed by atoms with E-state index in [1.807, 2.05) is 12.1 Å². The molecule has 16 heavy (non-hydrogen) atoms. The summed E-state index contributed by atoms with van der Waals surface area (Å²) < 4.78 is 0. The minimum atomic E-state index is 0.590. The van der Waals surface area contributed by atoms with E-state index in [-0.39, 0.29) is 0 Å². The highest BCUT2D eigenvalue weighted by Crippen LogP contribution is 2.40. The van der Waals surface area contributed by atoms with E-state index in [1.54, 1.807) is 0 Å². The number of anilines is 1. The molecular weight excluding hydrogens is 200 g/mol. The van der Waals surface area contributed by atoms with Gasteiger partial charge in [-0.05, 0) is 43.0 Å². The number of aryl methyl sites for hydroxylation is 1. The van der Waals surface area contributed by atoms with E-state index in [2.05, 4.69) is 16.7 Å². The summed E-state index contributed by atoms with van der Waals surface area (Å²) in [5, 5.41) is 6.39. The standard InChI is InChI=1S/C13H16N2O/c16-8-15-12-3-1-2-9-4-5-11-10(13(9)12)6-7-14-11/h1-3,8,10-11,14H,4-7H2,(H,15,16)/t10-,11-/m1/s1. The molecule has 3 heteroatoms. The fourth-order valence-electron chi connectivity index (χ4n) is 3.19. The number of benzene rings is 1. The molecule has 2 atom stereocenters. The van der Waals surface area contributed by atoms with Crippen molar-refractivity contribution in [2.24, 2.45) is 0 Å². The number of amides is 1. The summed E-state index contributed by atoms with van der Waals surface area (Å²) in [5.74, 6) is 0.590. The SMILES string of the molecule is O=CNc1cccc2c1[C@@H]1CCN[C@@H]1CC2. The Morgan fingerprint density at radius 1 is 1.38 bits per heavy atom. The van der Waals surface area contributed by atoms with Crippen molar-refractivity contribution in [2.45, 2.75) is 31.2 Å². The van der Waals surface area contributed by atoms with Crippen LogP contribution in [0.4, 0.5) is 5.69 Å². The Labute approximate surface area is 95.2 Å². The van der Waals surface area contributed by atoms with Crippen molar-refractivity contribution in [1.82, 2.24) is 5.32 Å². The van der Waals surface area contributed by atoms with Gasteiger partial charge in [-0.15, -0.1) is 0 Å². The van der Waals surface area contributed by atoms with E-state index in [0.717, 1.165) is 25.1 Å². The average Bonchev–Trinajstić information content (AvgIpc) is 2.77. The van der Waals surface area contributed by atoms with Gasteiger partial charge in [-0.25, -0.2) is 0 Å². The molecule has 1 aromatic rings. The fourth-order valence-corrected chi connectivity index (χ4v) is 3.19. The Hall–Kier alpha value is -1.35. The molecule has 1 aliphatic heterocycles. The smallest absolute Gasteiger partial charge is 0.211 e. The Morgan fingerprint density at radius 2 is 2.31 bits per heavy atom. The summed E-state index contributed by atoms with van der Waals surface area (Å²) in [6.45, 7) is 1.10. The first-order chi connectivity index (χ1) is 7.90. The first-order valence-electron chi connectivity index (χ1n) is 5.95. The minimum absolute atomic E-state index is 0.590. The van der Waals surface area contributed by atoms with Gasteiger partial charge in [-0.1, -0.05) is 12.1 Å². The number of hydrogen-bond acceptors (Lipinski definition) is 2. The topological polar surface area (TPSA) is 41.1 Å². The number of hydrogen-bond donors (Lipinski definition) is 2. The van der Waals surface area contributed by atoms with Crippen molar-refractivity contribution in [1.29, 1.82) is 0 Å². The quantitative estimate of drug-likeness (QED) is 0.738. The minimum Gasteiger partial charge on any atom is -0.328 e. The van der Waals surface area contributed by atoms with Gasteiger partial charge in [0.25, 0.3) is 0 Å². The Kier molecular flexibility index (Phi) is 2.40. The second kappa shape index (κ2) is 3.91. The monoisotopic (exact) mass is 216 g/mol. The van der Waals surface area contributed by atoms with Crippen LogP contribution in [0.3, 0.4) is 0 Å². The molecule has 2 aliphatic rings. The molecule has 0 unspecified atom stereocenters. The van der Waals surface area contributed by atoms with Crippen molar-refractivity contribution < 1.29 is 4.79 Å². The molecular formula is C13H16N2O. The van der Waals surface area contributed by atoms with Crippen LogP contribution in [0.1, 0.15) is 29.9 Å². The first kappa shape index (κ1) is 9.85. The normalized spacial score (nSPS) is 27.0. The second-order valence-corrected chi connectivity index (χ2v) is 4.64. The zero-order chi connectivity index (χ0) is 11.0. The van der Waals surface area contributed by atoms with E-state index in [9.17, 15) is 4.79 Å². The number of carbonyl (C=O) groups is 1. The van der Waals surface area contributed by atoms with Gasteiger partial charge < -0.3 is 10.6 Å². The van der Waals surface area contributed by atoms with Crippen LogP contribution in [0.25, 0.3) is 0 Å². The van der Waals surface area contributed by atoms with Gasteiger partial charge in [0.2, 0.25) is 6.41 Å². The van der Waals surface area contributed by atoms with Gasteiger partial charge in [-0.2, -0.15) is 0 Å². The summed E-state index contributed by atoms with van der Waals surface area (Å²) in [5.41, 5.74) is 3.79. The predicted octanol–water partition coefficient (Wildman–Crippen LogP) is 1.65. The van der Waals surface area contributed by atoms with Crippen molar-refractivity contribution >= 4 is 12.1 Å². The van der Waals surface area contributed by atoms with Crippen LogP contribution < -0.4 is 10.6 Å². The van der Waals surface area contributed by atoms with E-state index in [0.29, 0.717) is 12.0 Å². The molecule has 1 aromatic carbocycles. The maximum absolute atomic E-state index is 10.6. The molecule has 0 saturated carbocycles. The summed E-state index contributed by atoms with van der Waals surface area (Å²) in [6, 6.07) is 6.85. The number of carbonyl (C=O) groups excluding carboxylic acids is 1. The van der Waals surface area contributed by atoms with Crippen molar-refractivity contribution in [2.75, 3.05) is 11.9 Å². The predicted molar refractivity (Wildman–Crippen MR) is 63.6 cm³/mol. The fraction of sp³-hybridized carbons (Fsp3) is 0.462. The largest absolute Gasteiger partial charge is 0.328 e. The van der Waals surface area contributed by atoms with E-state index >= 15 is 0 Å². The van der Waals surface area contributed by atoms with Gasteiger partial charge in [0.15, 0.2) is 0 Å². The summed E-state index contributed by atoms with van der Waals surface area (Å²) in [7, 11) is 0. The Morgan fingerprint density at radius 3 is 3.19 bits per heavy atom. The van der Waals surface area contributed by atoms with E-state index in [1.165, 1.54) is 24.0 Å². The van der Waals surface area contributed by atoms with Crippen LogP contribution in [0.2, 0.25) is 0 Å². The highest BCUT2D eigenvalue weighted by atomic mass is 16.1. The van der Waals surface area contributed by atoms with Crippen LogP contribution in [-0.2, 0) is 11.2 Å². The van der Waals surface area contributed by atoms with Crippen LogP contribution >= 0.6 is 0 Å². The third-order valence-electron chi connectivity index (χ3n) is 3.85. The number of fused-ring (bicyclic) bond motifs is 3. The molecule has 3 rings (SSSR count). The van der Waals surface area contributed by atoms with Gasteiger partial charge in [0.1, 0.15) is 0 Å². The highest BCUT2D eigenvalue weighted by molar-refractivity contribution is 5.75. The lowest BCUT2D eigenvalue weighted by Gasteiger charge is -2.29. The zero-order valence-electron chi connectivity index (χ0n) is 9.20. The van der Waals surface area contributed by atoms with Crippen molar-refractivity contribution in [3.05, 3.63) is 29.3 Å². The van der Waals surface area contributed by atoms with E-state index < -0.39 is 0 Å². The molecule has 1 saturated heterocycles. The maximum Gasteiger partial charge on any atom is 0.211 e. The molecule has 1 fully saturated rings. The van der Waals surface area contributed by atoms with Gasteiger partial charge in [0.05, 0.1) is 0 Å². The van der Waals surface area contributed by atoms with Crippen LogP contribution in [0.5, 0.6) is 0 Å². The third kappa shape index (κ3) is 1.43. The molecule has 1 heterocycles. The van der Waals surface area contributed by atoms with Crippen molar-refractivity contribution in [3.8, 4) is 0 Å². The summed E-state index contributed by atoms with van der Waals surface area (Å²) in [6.07, 6.45) is 4.32. The lowest BCUT2D eigenvalue weighted by molar-refractivity contribution is -0.105. The zero-order valence-corrected chi connectivity index (χ0v) is 9.20. The Balaban J connectivity index is 2.07. The maximum atomic E-state index is 10.6. The average molecular weight is 216 g/mol. The number of rotatable bonds is 2. The molecule has 0 radical (unpaired) electrons. The Bertz CT molecular complexity index is 416. The molecule has 0 aromatic heterocycles. The van der Waals surface area contributed by atoms with Gasteiger partial charge in [-0.3, -0.25) is 4.79 Å². The van der Waals surface area contributed by atoms with Crippen LogP contribution in [-0.4, -0.2) is 19.0 Å². The molecule has 0 bridgehead atoms. The van der Waals surface area contributed by atoms with Crippen LogP contribution in [0.15, 0.2) is 18.2 Å². The number of nitrogens with one attached hydrogen (secondary N) is 2. The van der Waals surface area contributed by atoms with Crippen LogP contribution in [0, 0.1) is 0 Å². The first-order valence-corrected chi connectivity index (χ1v) is 5.95.